The van der Waals surface area contributed by atoms with Crippen LogP contribution in [0.3, 0.4) is 0 Å². The van der Waals surface area contributed by atoms with Gasteiger partial charge in [-0.05, 0) is 147 Å². The van der Waals surface area contributed by atoms with E-state index in [-0.39, 0.29) is 62.4 Å². The summed E-state index contributed by atoms with van der Waals surface area (Å²) in [5.74, 6) is -0.736. The number of nitrogens with zero attached hydrogens (tertiary/aromatic N) is 8. The molecule has 7 rings (SSSR count). The monoisotopic (exact) mass is 948 g/mol. The van der Waals surface area contributed by atoms with Gasteiger partial charge in [0.1, 0.15) is 17.5 Å². The van der Waals surface area contributed by atoms with Crippen LogP contribution in [0.1, 0.15) is 111 Å². The molecule has 346 valence electrons. The smallest absolute Gasteiger partial charge is 0.180 e. The Morgan fingerprint density at radius 3 is 1.19 bits per heavy atom. The van der Waals surface area contributed by atoms with Crippen LogP contribution >= 0.6 is 15.9 Å². The third-order valence-electron chi connectivity index (χ3n) is 10.5. The van der Waals surface area contributed by atoms with Gasteiger partial charge in [-0.2, -0.15) is 15.3 Å². The van der Waals surface area contributed by atoms with Crippen molar-refractivity contribution in [1.82, 2.24) is 39.1 Å². The van der Waals surface area contributed by atoms with Gasteiger partial charge in [0.15, 0.2) is 17.3 Å². The molecule has 64 heavy (non-hydrogen) atoms. The van der Waals surface area contributed by atoms with Gasteiger partial charge in [-0.25, -0.2) is 27.2 Å². The number of hydrogen-bond donors (Lipinski definition) is 0. The summed E-state index contributed by atoms with van der Waals surface area (Å²) >= 11 is 3.12. The van der Waals surface area contributed by atoms with Crippen LogP contribution in [0.5, 0.6) is 0 Å². The Kier molecular flexibility index (Phi) is 21.4. The summed E-state index contributed by atoms with van der Waals surface area (Å²) in [6.45, 7) is 16.7. The Bertz CT molecular complexity index is 2390. The summed E-state index contributed by atoms with van der Waals surface area (Å²) in [6.07, 6.45) is 7.07. The minimum absolute atomic E-state index is 0. The van der Waals surface area contributed by atoms with E-state index < -0.39 is 0 Å². The molecule has 1 saturated heterocycles. The zero-order valence-corrected chi connectivity index (χ0v) is 37.2. The Labute approximate surface area is 385 Å². The molecule has 1 aliphatic heterocycles. The zero-order valence-electron chi connectivity index (χ0n) is 35.6. The van der Waals surface area contributed by atoms with Crippen LogP contribution in [-0.2, 0) is 0 Å². The van der Waals surface area contributed by atoms with Crippen molar-refractivity contribution >= 4 is 33.3 Å². The van der Waals surface area contributed by atoms with Crippen molar-refractivity contribution in [3.05, 3.63) is 143 Å². The number of Topliss-reactive ketones (excluding diaryl/α,β-unsaturated/α-hetero) is 3. The molecule has 4 heterocycles. The number of likely N-dealkylation sites (tertiary alicyclic amines) is 1. The molecule has 11 nitrogen and oxygen atoms in total. The van der Waals surface area contributed by atoms with Crippen molar-refractivity contribution < 1.29 is 27.6 Å². The average molecular weight is 950 g/mol. The first-order valence-corrected chi connectivity index (χ1v) is 21.3. The van der Waals surface area contributed by atoms with Gasteiger partial charge in [0.2, 0.25) is 0 Å². The van der Waals surface area contributed by atoms with Gasteiger partial charge >= 0.3 is 0 Å². The van der Waals surface area contributed by atoms with Gasteiger partial charge in [-0.3, -0.25) is 24.2 Å². The summed E-state index contributed by atoms with van der Waals surface area (Å²) < 4.78 is 43.8. The van der Waals surface area contributed by atoms with Gasteiger partial charge in [-0.1, -0.05) is 38.2 Å². The molecule has 1 aliphatic rings. The van der Waals surface area contributed by atoms with Gasteiger partial charge in [0.05, 0.1) is 87.8 Å². The molecule has 0 atom stereocenters. The van der Waals surface area contributed by atoms with Crippen LogP contribution in [0.15, 0.2) is 91.4 Å². The van der Waals surface area contributed by atoms with Crippen molar-refractivity contribution in [1.29, 1.82) is 0 Å². The Hall–Kier alpha value is -5.51. The van der Waals surface area contributed by atoms with Crippen LogP contribution in [0, 0.1) is 38.2 Å². The van der Waals surface area contributed by atoms with E-state index >= 15 is 0 Å². The largest absolute Gasteiger partial charge is 0.296 e. The van der Waals surface area contributed by atoms with Gasteiger partial charge in [-0.15, -0.1) is 0 Å². The summed E-state index contributed by atoms with van der Waals surface area (Å²) in [6, 6.07) is 18.7. The summed E-state index contributed by atoms with van der Waals surface area (Å²) in [5.41, 5.74) is 6.39. The minimum Gasteiger partial charge on any atom is -0.296 e. The molecule has 0 bridgehead atoms. The highest BCUT2D eigenvalue weighted by Gasteiger charge is 2.23. The number of ketones is 3. The number of benzene rings is 3. The lowest BCUT2D eigenvalue weighted by molar-refractivity contribution is 0.0865. The number of aromatic nitrogens is 6. The molecule has 0 saturated carbocycles. The van der Waals surface area contributed by atoms with E-state index in [1.54, 1.807) is 62.8 Å². The molecular weight excluding hydrogens is 885 g/mol. The fourth-order valence-corrected chi connectivity index (χ4v) is 7.39. The predicted octanol–water partition coefficient (Wildman–Crippen LogP) is 11.0. The van der Waals surface area contributed by atoms with Crippen LogP contribution in [0.2, 0.25) is 0 Å². The van der Waals surface area contributed by atoms with E-state index in [4.69, 9.17) is 0 Å². The highest BCUT2D eigenvalue weighted by atomic mass is 79.9. The van der Waals surface area contributed by atoms with Crippen LogP contribution in [-0.4, -0.2) is 100 Å². The van der Waals surface area contributed by atoms with E-state index in [1.807, 2.05) is 20.8 Å². The summed E-state index contributed by atoms with van der Waals surface area (Å²) in [5, 5.41) is 13.0. The fraction of sp³-hybridized carbons (Fsp3) is 0.388. The van der Waals surface area contributed by atoms with E-state index in [0.29, 0.717) is 41.9 Å². The molecule has 0 radical (unpaired) electrons. The molecular formula is C49H64BrF3N8O3. The molecule has 0 amide bonds. The number of carbonyl (C=O) groups excluding carboxylic acids is 3. The number of hydrogen-bond acceptors (Lipinski definition) is 8. The van der Waals surface area contributed by atoms with E-state index in [2.05, 4.69) is 68.7 Å². The van der Waals surface area contributed by atoms with Gasteiger partial charge in [0.25, 0.3) is 0 Å². The molecule has 6 aromatic rings. The first-order chi connectivity index (χ1) is 29.1. The van der Waals surface area contributed by atoms with E-state index in [1.165, 1.54) is 55.4 Å². The van der Waals surface area contributed by atoms with Crippen LogP contribution in [0.25, 0.3) is 17.1 Å². The van der Waals surface area contributed by atoms with Gasteiger partial charge < -0.3 is 0 Å². The number of rotatable bonds is 13. The standard InChI is InChI=1S/C18H24FN3O.C16H18FN3O.C12H10BrFN2O.3CH4/c1-12(2)21(13(3)4)11-18(23)17-10-20-22(14(17)5)16-8-6-15(19)7-9-16;1-12-15(16(21)11-19-8-2-3-9-19)10-18-20(12)14-6-4-13(17)5-7-14;1-8-11(12(17)6-13)7-15-16(8)10-4-2-9(14)3-5-10;;;/h6-10,12-13H,11H2,1-5H3;4-7,10H,2-3,8-9,11H2,1H3;2-5,7H,6H2,1H3;3*1H4. The highest BCUT2D eigenvalue weighted by molar-refractivity contribution is 9.09. The number of carbonyl (C=O) groups is 3. The lowest BCUT2D eigenvalue weighted by Gasteiger charge is -2.29. The normalized spacial score (nSPS) is 12.1. The second kappa shape index (κ2) is 25.1. The number of alkyl halides is 1. The maximum Gasteiger partial charge on any atom is 0.180 e. The number of halogens is 4. The predicted molar refractivity (Wildman–Crippen MR) is 254 cm³/mol. The highest BCUT2D eigenvalue weighted by Crippen LogP contribution is 2.19. The maximum absolute atomic E-state index is 13.0. The first kappa shape index (κ1) is 54.6. The second-order valence-electron chi connectivity index (χ2n) is 15.3. The molecule has 0 spiro atoms. The Morgan fingerprint density at radius 2 is 0.875 bits per heavy atom. The van der Waals surface area contributed by atoms with Crippen molar-refractivity contribution in [2.24, 2.45) is 0 Å². The first-order valence-electron chi connectivity index (χ1n) is 20.1. The topological polar surface area (TPSA) is 111 Å². The van der Waals surface area contributed by atoms with Crippen molar-refractivity contribution in [2.75, 3.05) is 31.5 Å². The summed E-state index contributed by atoms with van der Waals surface area (Å²) in [4.78, 5) is 40.9. The van der Waals surface area contributed by atoms with Crippen LogP contribution < -0.4 is 0 Å². The Morgan fingerprint density at radius 1 is 0.562 bits per heavy atom. The second-order valence-corrected chi connectivity index (χ2v) is 15.9. The molecule has 3 aromatic heterocycles. The quantitative estimate of drug-likeness (QED) is 0.0831. The fourth-order valence-electron chi connectivity index (χ4n) is 7.09. The third kappa shape index (κ3) is 13.7. The molecule has 15 heteroatoms. The van der Waals surface area contributed by atoms with E-state index in [9.17, 15) is 27.6 Å². The molecule has 0 N–H and O–H groups in total. The molecule has 1 fully saturated rings. The SMILES string of the molecule is C.C.C.Cc1c(C(=O)CBr)cnn1-c1ccc(F)cc1.Cc1c(C(=O)CN(C(C)C)C(C)C)cnn1-c1ccc(F)cc1.Cc1c(C(=O)CN2CCCC2)cnn1-c1ccc(F)cc1. The lowest BCUT2D eigenvalue weighted by atomic mass is 10.1. The molecule has 3 aromatic carbocycles. The molecule has 0 unspecified atom stereocenters. The molecule has 0 aliphatic carbocycles. The van der Waals surface area contributed by atoms with Gasteiger partial charge in [0, 0.05) is 12.1 Å². The Balaban J connectivity index is 0.000000326. The van der Waals surface area contributed by atoms with E-state index in [0.717, 1.165) is 47.2 Å². The third-order valence-corrected chi connectivity index (χ3v) is 11.0. The van der Waals surface area contributed by atoms with Crippen molar-refractivity contribution in [2.45, 2.75) is 95.7 Å². The lowest BCUT2D eigenvalue weighted by Crippen LogP contribution is -2.40. The minimum atomic E-state index is -0.296. The van der Waals surface area contributed by atoms with Crippen molar-refractivity contribution in [3.63, 3.8) is 0 Å². The zero-order chi connectivity index (χ0) is 44.4. The van der Waals surface area contributed by atoms with Crippen molar-refractivity contribution in [3.8, 4) is 17.1 Å². The van der Waals surface area contributed by atoms with Crippen LogP contribution in [0.4, 0.5) is 13.2 Å². The average Bonchev–Trinajstić information content (AvgIpc) is 4.06. The maximum atomic E-state index is 13.0. The summed E-state index contributed by atoms with van der Waals surface area (Å²) in [7, 11) is 0.